The number of hydrogen-bond acceptors (Lipinski definition) is 3. The summed E-state index contributed by atoms with van der Waals surface area (Å²) in [5.41, 5.74) is -1.85. The van der Waals surface area contributed by atoms with Gasteiger partial charge in [0.25, 0.3) is 0 Å². The highest BCUT2D eigenvalue weighted by atomic mass is 19.4. The fourth-order valence-corrected chi connectivity index (χ4v) is 3.21. The van der Waals surface area contributed by atoms with E-state index in [-0.39, 0.29) is 18.0 Å². The van der Waals surface area contributed by atoms with Gasteiger partial charge in [0, 0.05) is 19.8 Å². The number of aliphatic carboxylic acids is 1. The predicted octanol–water partition coefficient (Wildman–Crippen LogP) is 3.23. The van der Waals surface area contributed by atoms with E-state index in [4.69, 9.17) is 4.74 Å². The summed E-state index contributed by atoms with van der Waals surface area (Å²) < 4.78 is 44.0. The number of benzene rings is 1. The van der Waals surface area contributed by atoms with Gasteiger partial charge in [0.15, 0.2) is 0 Å². The van der Waals surface area contributed by atoms with Crippen molar-refractivity contribution in [1.82, 2.24) is 5.32 Å². The minimum Gasteiger partial charge on any atom is -0.481 e. The van der Waals surface area contributed by atoms with Gasteiger partial charge in [0.2, 0.25) is 5.91 Å². The van der Waals surface area contributed by atoms with Crippen LogP contribution in [0.15, 0.2) is 24.3 Å². The van der Waals surface area contributed by atoms with Crippen molar-refractivity contribution in [2.24, 2.45) is 11.8 Å². The summed E-state index contributed by atoms with van der Waals surface area (Å²) in [5.74, 6) is -2.37. The Hall–Kier alpha value is -2.09. The van der Waals surface area contributed by atoms with E-state index in [1.807, 2.05) is 0 Å². The Bertz CT molecular complexity index is 682. The molecule has 1 aliphatic heterocycles. The van der Waals surface area contributed by atoms with Crippen LogP contribution in [0, 0.1) is 11.8 Å². The Morgan fingerprint density at radius 2 is 1.81 bits per heavy atom. The van der Waals surface area contributed by atoms with Gasteiger partial charge in [-0.25, -0.2) is 0 Å². The summed E-state index contributed by atoms with van der Waals surface area (Å²) in [4.78, 5) is 24.2. The molecule has 0 aliphatic carbocycles. The normalized spacial score (nSPS) is 17.4. The van der Waals surface area contributed by atoms with Crippen LogP contribution >= 0.6 is 0 Å². The molecule has 1 amide bonds. The number of amides is 1. The molecule has 1 unspecified atom stereocenters. The molecule has 1 atom stereocenters. The van der Waals surface area contributed by atoms with Crippen molar-refractivity contribution in [2.45, 2.75) is 38.3 Å². The number of rotatable bonds is 6. The third kappa shape index (κ3) is 5.22. The van der Waals surface area contributed by atoms with Crippen LogP contribution < -0.4 is 5.32 Å². The van der Waals surface area contributed by atoms with Gasteiger partial charge in [-0.15, -0.1) is 0 Å². The minimum atomic E-state index is -4.50. The minimum absolute atomic E-state index is 0.0682. The first kappa shape index (κ1) is 21.2. The Balaban J connectivity index is 2.10. The first-order chi connectivity index (χ1) is 12.5. The highest BCUT2D eigenvalue weighted by molar-refractivity contribution is 5.87. The molecular weight excluding hydrogens is 363 g/mol. The van der Waals surface area contributed by atoms with Crippen LogP contribution in [0.5, 0.6) is 0 Å². The molecular formula is C19H24F3NO4. The molecule has 0 radical (unpaired) electrons. The second-order valence-corrected chi connectivity index (χ2v) is 7.31. The van der Waals surface area contributed by atoms with Crippen molar-refractivity contribution in [3.05, 3.63) is 35.4 Å². The molecule has 1 heterocycles. The summed E-state index contributed by atoms with van der Waals surface area (Å²) in [6, 6.07) is 4.62. The number of carboxylic acid groups (broad SMARTS) is 1. The molecule has 2 N–H and O–H groups in total. The van der Waals surface area contributed by atoms with Crippen molar-refractivity contribution in [2.75, 3.05) is 19.8 Å². The Morgan fingerprint density at radius 1 is 1.22 bits per heavy atom. The molecule has 1 aromatic rings. The Morgan fingerprint density at radius 3 is 2.37 bits per heavy atom. The fourth-order valence-electron chi connectivity index (χ4n) is 3.21. The molecule has 0 spiro atoms. The largest absolute Gasteiger partial charge is 0.481 e. The predicted molar refractivity (Wildman–Crippen MR) is 92.1 cm³/mol. The number of carbonyl (C=O) groups is 2. The van der Waals surface area contributed by atoms with Gasteiger partial charge in [-0.3, -0.25) is 9.59 Å². The average Bonchev–Trinajstić information content (AvgIpc) is 2.61. The molecule has 150 valence electrons. The number of hydrogen-bond donors (Lipinski definition) is 2. The van der Waals surface area contributed by atoms with E-state index >= 15 is 0 Å². The molecule has 0 saturated carbocycles. The van der Waals surface area contributed by atoms with Crippen molar-refractivity contribution in [1.29, 1.82) is 0 Å². The monoisotopic (exact) mass is 387 g/mol. The Kier molecular flexibility index (Phi) is 6.51. The van der Waals surface area contributed by atoms with Crippen LogP contribution in [0.3, 0.4) is 0 Å². The van der Waals surface area contributed by atoms with Crippen molar-refractivity contribution in [3.8, 4) is 0 Å². The van der Waals surface area contributed by atoms with Crippen LogP contribution in [-0.4, -0.2) is 36.7 Å². The smallest absolute Gasteiger partial charge is 0.416 e. The maximum absolute atomic E-state index is 12.9. The maximum Gasteiger partial charge on any atom is 0.416 e. The van der Waals surface area contributed by atoms with Crippen LogP contribution in [0.2, 0.25) is 0 Å². The summed E-state index contributed by atoms with van der Waals surface area (Å²) >= 11 is 0. The van der Waals surface area contributed by atoms with Crippen LogP contribution in [0.4, 0.5) is 13.2 Å². The van der Waals surface area contributed by atoms with E-state index in [2.05, 4.69) is 5.32 Å². The molecule has 0 aromatic heterocycles. The highest BCUT2D eigenvalue weighted by Gasteiger charge is 2.36. The fraction of sp³-hybridized carbons (Fsp3) is 0.579. The standard InChI is InChI=1S/C19H24F3NO4/c1-18(2,13-4-3-5-14(10-13)19(20,21)22)17(26)23-11-15(16(24)25)12-6-8-27-9-7-12/h3-5,10,12,15H,6-9,11H2,1-2H3,(H,23,26)(H,24,25). The molecule has 8 heteroatoms. The number of halogens is 3. The van der Waals surface area contributed by atoms with Gasteiger partial charge < -0.3 is 15.2 Å². The van der Waals surface area contributed by atoms with E-state index in [9.17, 15) is 27.9 Å². The zero-order valence-electron chi connectivity index (χ0n) is 15.3. The van der Waals surface area contributed by atoms with Gasteiger partial charge in [-0.05, 0) is 44.2 Å². The molecule has 1 fully saturated rings. The second-order valence-electron chi connectivity index (χ2n) is 7.31. The number of carbonyl (C=O) groups excluding carboxylic acids is 1. The number of nitrogens with one attached hydrogen (secondary N) is 1. The van der Waals surface area contributed by atoms with Gasteiger partial charge in [-0.1, -0.05) is 18.2 Å². The van der Waals surface area contributed by atoms with Gasteiger partial charge >= 0.3 is 12.1 Å². The van der Waals surface area contributed by atoms with E-state index in [1.54, 1.807) is 0 Å². The lowest BCUT2D eigenvalue weighted by Gasteiger charge is -2.30. The van der Waals surface area contributed by atoms with Crippen LogP contribution in [0.1, 0.15) is 37.8 Å². The first-order valence-corrected chi connectivity index (χ1v) is 8.80. The third-order valence-corrected chi connectivity index (χ3v) is 5.11. The summed E-state index contributed by atoms with van der Waals surface area (Å²) in [6.07, 6.45) is -3.30. The zero-order chi connectivity index (χ0) is 20.2. The Labute approximate surface area is 155 Å². The summed E-state index contributed by atoms with van der Waals surface area (Å²) in [5, 5.41) is 12.1. The van der Waals surface area contributed by atoms with Crippen molar-refractivity contribution in [3.63, 3.8) is 0 Å². The number of ether oxygens (including phenoxy) is 1. The first-order valence-electron chi connectivity index (χ1n) is 8.80. The SMILES string of the molecule is CC(C)(C(=O)NCC(C(=O)O)C1CCOCC1)c1cccc(C(F)(F)F)c1. The highest BCUT2D eigenvalue weighted by Crippen LogP contribution is 2.33. The van der Waals surface area contributed by atoms with Crippen molar-refractivity contribution >= 4 is 11.9 Å². The van der Waals surface area contributed by atoms with Crippen LogP contribution in [0.25, 0.3) is 0 Å². The van der Waals surface area contributed by atoms with Gasteiger partial charge in [-0.2, -0.15) is 13.2 Å². The molecule has 1 saturated heterocycles. The molecule has 0 bridgehead atoms. The molecule has 2 rings (SSSR count). The third-order valence-electron chi connectivity index (χ3n) is 5.11. The van der Waals surface area contributed by atoms with E-state index in [1.165, 1.54) is 26.0 Å². The zero-order valence-corrected chi connectivity index (χ0v) is 15.3. The quantitative estimate of drug-likeness (QED) is 0.786. The van der Waals surface area contributed by atoms with Gasteiger partial charge in [0.05, 0.1) is 16.9 Å². The second kappa shape index (κ2) is 8.29. The van der Waals surface area contributed by atoms with E-state index < -0.39 is 34.9 Å². The maximum atomic E-state index is 12.9. The van der Waals surface area contributed by atoms with E-state index in [0.717, 1.165) is 12.1 Å². The van der Waals surface area contributed by atoms with E-state index in [0.29, 0.717) is 26.1 Å². The summed E-state index contributed by atoms with van der Waals surface area (Å²) in [6.45, 7) is 3.93. The lowest BCUT2D eigenvalue weighted by atomic mass is 9.82. The van der Waals surface area contributed by atoms with Crippen molar-refractivity contribution < 1.29 is 32.6 Å². The lowest BCUT2D eigenvalue weighted by Crippen LogP contribution is -2.45. The molecule has 5 nitrogen and oxygen atoms in total. The number of carboxylic acids is 1. The average molecular weight is 387 g/mol. The molecule has 1 aromatic carbocycles. The lowest BCUT2D eigenvalue weighted by molar-refractivity contribution is -0.145. The topological polar surface area (TPSA) is 75.6 Å². The summed E-state index contributed by atoms with van der Waals surface area (Å²) in [7, 11) is 0. The molecule has 27 heavy (non-hydrogen) atoms. The molecule has 1 aliphatic rings. The number of alkyl halides is 3. The van der Waals surface area contributed by atoms with Gasteiger partial charge in [0.1, 0.15) is 0 Å². The van der Waals surface area contributed by atoms with Crippen LogP contribution in [-0.2, 0) is 25.9 Å².